The molecule has 122 valence electrons. The Labute approximate surface area is 130 Å². The van der Waals surface area contributed by atoms with Crippen molar-refractivity contribution in [3.63, 3.8) is 0 Å². The van der Waals surface area contributed by atoms with Crippen LogP contribution in [-0.2, 0) is 0 Å². The Balaban J connectivity index is 1.58. The average Bonchev–Trinajstić information content (AvgIpc) is 2.44. The summed E-state index contributed by atoms with van der Waals surface area (Å²) < 4.78 is 0. The van der Waals surface area contributed by atoms with Gasteiger partial charge in [-0.1, -0.05) is 20.3 Å². The van der Waals surface area contributed by atoms with E-state index in [1.807, 2.05) is 0 Å². The van der Waals surface area contributed by atoms with Gasteiger partial charge in [0.05, 0.1) is 0 Å². The first kappa shape index (κ1) is 16.6. The van der Waals surface area contributed by atoms with Crippen molar-refractivity contribution < 1.29 is 0 Å². The van der Waals surface area contributed by atoms with Gasteiger partial charge >= 0.3 is 0 Å². The first-order chi connectivity index (χ1) is 10.2. The minimum Gasteiger partial charge on any atom is -0.370 e. The van der Waals surface area contributed by atoms with Crippen molar-refractivity contribution in [2.24, 2.45) is 22.6 Å². The molecule has 0 aromatic rings. The number of nitrogens with one attached hydrogen (secondary N) is 1. The normalized spacial score (nSPS) is 23.8. The van der Waals surface area contributed by atoms with E-state index in [1.165, 1.54) is 52.0 Å². The summed E-state index contributed by atoms with van der Waals surface area (Å²) in [6, 6.07) is 0. The summed E-state index contributed by atoms with van der Waals surface area (Å²) in [5.41, 5.74) is 5.94. The molecule has 0 spiro atoms. The Bertz CT molecular complexity index is 319. The molecule has 1 atom stereocenters. The predicted molar refractivity (Wildman–Crippen MR) is 89.6 cm³/mol. The van der Waals surface area contributed by atoms with Crippen LogP contribution < -0.4 is 11.1 Å². The van der Waals surface area contributed by atoms with E-state index in [-0.39, 0.29) is 0 Å². The van der Waals surface area contributed by atoms with Crippen LogP contribution in [0.2, 0.25) is 0 Å². The van der Waals surface area contributed by atoms with Crippen LogP contribution in [0.3, 0.4) is 0 Å². The number of likely N-dealkylation sites (N-methyl/N-ethyl adjacent to an activating group) is 1. The number of hydrogen-bond donors (Lipinski definition) is 2. The lowest BCUT2D eigenvalue weighted by molar-refractivity contribution is 0.125. The summed E-state index contributed by atoms with van der Waals surface area (Å²) in [4.78, 5) is 9.57. The molecule has 21 heavy (non-hydrogen) atoms. The van der Waals surface area contributed by atoms with Gasteiger partial charge in [-0.15, -0.1) is 0 Å². The molecule has 2 aliphatic rings. The molecular formula is C16H33N5. The molecule has 0 aromatic carbocycles. The Morgan fingerprint density at radius 3 is 2.48 bits per heavy atom. The molecule has 1 heterocycles. The summed E-state index contributed by atoms with van der Waals surface area (Å²) in [6.45, 7) is 13.5. The molecule has 0 amide bonds. The van der Waals surface area contributed by atoms with Gasteiger partial charge in [-0.2, -0.15) is 0 Å². The van der Waals surface area contributed by atoms with Gasteiger partial charge in [0.1, 0.15) is 0 Å². The maximum atomic E-state index is 5.94. The maximum absolute atomic E-state index is 5.94. The van der Waals surface area contributed by atoms with Crippen molar-refractivity contribution in [2.45, 2.75) is 33.1 Å². The molecule has 1 aliphatic heterocycles. The number of nitrogens with zero attached hydrogens (tertiary/aromatic N) is 3. The standard InChI is InChI=1S/C16H33N5/c1-3-20-7-9-21(10-8-20)13-14(2)11-18-16(17)19-12-15-5-4-6-15/h14-15H,3-13H2,1-2H3,(H3,17,18,19). The molecule has 1 unspecified atom stereocenters. The monoisotopic (exact) mass is 295 g/mol. The van der Waals surface area contributed by atoms with Gasteiger partial charge in [-0.25, -0.2) is 0 Å². The molecule has 0 bridgehead atoms. The third kappa shape index (κ3) is 5.83. The van der Waals surface area contributed by atoms with Crippen LogP contribution in [-0.4, -0.2) is 68.1 Å². The SMILES string of the molecule is CCN1CCN(CC(C)CN=C(N)NCC2CCC2)CC1. The number of nitrogens with two attached hydrogens (primary N) is 1. The zero-order valence-corrected chi connectivity index (χ0v) is 13.9. The Kier molecular flexibility index (Phi) is 6.77. The summed E-state index contributed by atoms with van der Waals surface area (Å²) in [5.74, 6) is 2.03. The number of guanidine groups is 1. The zero-order valence-electron chi connectivity index (χ0n) is 13.9. The quantitative estimate of drug-likeness (QED) is 0.543. The van der Waals surface area contributed by atoms with Gasteiger partial charge in [0.25, 0.3) is 0 Å². The summed E-state index contributed by atoms with van der Waals surface area (Å²) in [5, 5.41) is 3.26. The van der Waals surface area contributed by atoms with E-state index in [9.17, 15) is 0 Å². The highest BCUT2D eigenvalue weighted by atomic mass is 15.3. The average molecular weight is 295 g/mol. The van der Waals surface area contributed by atoms with Gasteiger partial charge in [-0.05, 0) is 31.2 Å². The minimum atomic E-state index is 0.572. The maximum Gasteiger partial charge on any atom is 0.188 e. The Hall–Kier alpha value is -0.810. The largest absolute Gasteiger partial charge is 0.370 e. The van der Waals surface area contributed by atoms with Gasteiger partial charge < -0.3 is 20.9 Å². The van der Waals surface area contributed by atoms with Crippen LogP contribution in [0.5, 0.6) is 0 Å². The van der Waals surface area contributed by atoms with E-state index in [2.05, 4.69) is 34.0 Å². The van der Waals surface area contributed by atoms with E-state index >= 15 is 0 Å². The number of rotatable bonds is 7. The number of hydrogen-bond acceptors (Lipinski definition) is 3. The van der Waals surface area contributed by atoms with Crippen LogP contribution in [0.1, 0.15) is 33.1 Å². The third-order valence-electron chi connectivity index (χ3n) is 4.85. The number of piperazine rings is 1. The molecule has 1 aliphatic carbocycles. The molecule has 1 saturated carbocycles. The van der Waals surface area contributed by atoms with Gasteiger partial charge in [0.15, 0.2) is 5.96 Å². The highest BCUT2D eigenvalue weighted by Crippen LogP contribution is 2.24. The van der Waals surface area contributed by atoms with Crippen LogP contribution in [0.25, 0.3) is 0 Å². The van der Waals surface area contributed by atoms with Gasteiger partial charge in [0, 0.05) is 45.8 Å². The number of aliphatic imine (C=N–C) groups is 1. The molecular weight excluding hydrogens is 262 g/mol. The Morgan fingerprint density at radius 1 is 1.24 bits per heavy atom. The molecule has 2 rings (SSSR count). The topological polar surface area (TPSA) is 56.9 Å². The smallest absolute Gasteiger partial charge is 0.188 e. The first-order valence-corrected chi connectivity index (χ1v) is 8.66. The summed E-state index contributed by atoms with van der Waals surface area (Å²) in [7, 11) is 0. The zero-order chi connectivity index (χ0) is 15.1. The lowest BCUT2D eigenvalue weighted by atomic mass is 9.85. The van der Waals surface area contributed by atoms with Crippen molar-refractivity contribution in [3.8, 4) is 0 Å². The van der Waals surface area contributed by atoms with E-state index in [0.717, 1.165) is 25.6 Å². The molecule has 0 aromatic heterocycles. The fourth-order valence-electron chi connectivity index (χ4n) is 3.04. The van der Waals surface area contributed by atoms with Crippen LogP contribution in [0, 0.1) is 11.8 Å². The minimum absolute atomic E-state index is 0.572. The highest BCUT2D eigenvalue weighted by Gasteiger charge is 2.18. The van der Waals surface area contributed by atoms with Crippen molar-refractivity contribution in [3.05, 3.63) is 0 Å². The second kappa shape index (κ2) is 8.59. The Morgan fingerprint density at radius 2 is 1.90 bits per heavy atom. The highest BCUT2D eigenvalue weighted by molar-refractivity contribution is 5.77. The second-order valence-corrected chi connectivity index (χ2v) is 6.74. The van der Waals surface area contributed by atoms with E-state index in [4.69, 9.17) is 5.73 Å². The summed E-state index contributed by atoms with van der Waals surface area (Å²) in [6.07, 6.45) is 4.08. The van der Waals surface area contributed by atoms with Crippen LogP contribution >= 0.6 is 0 Å². The predicted octanol–water partition coefficient (Wildman–Crippen LogP) is 0.964. The van der Waals surface area contributed by atoms with Crippen molar-refractivity contribution in [1.82, 2.24) is 15.1 Å². The van der Waals surface area contributed by atoms with Crippen LogP contribution in [0.4, 0.5) is 0 Å². The molecule has 1 saturated heterocycles. The first-order valence-electron chi connectivity index (χ1n) is 8.66. The molecule has 2 fully saturated rings. The molecule has 5 heteroatoms. The van der Waals surface area contributed by atoms with E-state index < -0.39 is 0 Å². The van der Waals surface area contributed by atoms with Crippen molar-refractivity contribution in [1.29, 1.82) is 0 Å². The third-order valence-corrected chi connectivity index (χ3v) is 4.85. The summed E-state index contributed by atoms with van der Waals surface area (Å²) >= 11 is 0. The lowest BCUT2D eigenvalue weighted by Gasteiger charge is -2.35. The second-order valence-electron chi connectivity index (χ2n) is 6.74. The van der Waals surface area contributed by atoms with Crippen molar-refractivity contribution in [2.75, 3.05) is 52.4 Å². The van der Waals surface area contributed by atoms with Crippen LogP contribution in [0.15, 0.2) is 4.99 Å². The van der Waals surface area contributed by atoms with E-state index in [0.29, 0.717) is 11.9 Å². The molecule has 3 N–H and O–H groups in total. The molecule has 5 nitrogen and oxygen atoms in total. The van der Waals surface area contributed by atoms with Gasteiger partial charge in [0.2, 0.25) is 0 Å². The van der Waals surface area contributed by atoms with Crippen molar-refractivity contribution >= 4 is 5.96 Å². The molecule has 0 radical (unpaired) electrons. The van der Waals surface area contributed by atoms with E-state index in [1.54, 1.807) is 0 Å². The fraction of sp³-hybridized carbons (Fsp3) is 0.938. The fourth-order valence-corrected chi connectivity index (χ4v) is 3.04. The lowest BCUT2D eigenvalue weighted by Crippen LogP contribution is -2.47. The van der Waals surface area contributed by atoms with Gasteiger partial charge in [-0.3, -0.25) is 4.99 Å².